The van der Waals surface area contributed by atoms with E-state index >= 15 is 0 Å². The van der Waals surface area contributed by atoms with Crippen LogP contribution >= 0.6 is 0 Å². The molecule has 1 nitrogen and oxygen atoms in total. The molecule has 2 heteroatoms. The van der Waals surface area contributed by atoms with E-state index in [4.69, 9.17) is 3.07 Å². The molecule has 0 aliphatic rings. The molecule has 0 fully saturated rings. The Labute approximate surface area is 71.8 Å². The topological polar surface area (TPSA) is 9.23 Å². The molecule has 0 heterocycles. The van der Waals surface area contributed by atoms with E-state index in [0.717, 1.165) is 0 Å². The first-order valence-electron chi connectivity index (χ1n) is 3.67. The third kappa shape index (κ3) is 5.22. The van der Waals surface area contributed by atoms with Crippen molar-refractivity contribution in [2.24, 2.45) is 0 Å². The summed E-state index contributed by atoms with van der Waals surface area (Å²) in [6.07, 6.45) is 5.56. The Morgan fingerprint density at radius 3 is 2.44 bits per heavy atom. The van der Waals surface area contributed by atoms with Crippen LogP contribution in [0.1, 0.15) is 39.5 Å². The second-order valence-electron chi connectivity index (χ2n) is 2.29. The molecule has 0 bridgehead atoms. The summed E-state index contributed by atoms with van der Waals surface area (Å²) < 4.78 is 5.29. The fourth-order valence-corrected chi connectivity index (χ4v) is 1.59. The van der Waals surface area contributed by atoms with E-state index in [9.17, 15) is 0 Å². The summed E-state index contributed by atoms with van der Waals surface area (Å²) in [5.74, 6) is 0. The molecule has 0 saturated carbocycles. The molecule has 53 valence electrons. The van der Waals surface area contributed by atoms with Crippen LogP contribution in [-0.2, 0) is 3.07 Å². The first-order valence-corrected chi connectivity index (χ1v) is 4.84. The van der Waals surface area contributed by atoms with Crippen molar-refractivity contribution in [1.82, 2.24) is 0 Å². The Kier molecular flexibility index (Phi) is 7.45. The van der Waals surface area contributed by atoms with Crippen molar-refractivity contribution >= 4 is 22.9 Å². The van der Waals surface area contributed by atoms with Crippen LogP contribution < -0.4 is 0 Å². The first kappa shape index (κ1) is 9.76. The first-order chi connectivity index (χ1) is 4.35. The van der Waals surface area contributed by atoms with Crippen LogP contribution in [0.15, 0.2) is 0 Å². The molecule has 0 rings (SSSR count). The molecule has 0 aromatic heterocycles. The molecule has 0 aromatic carbocycles. The van der Waals surface area contributed by atoms with E-state index in [0.29, 0.717) is 6.10 Å². The van der Waals surface area contributed by atoms with E-state index in [-0.39, 0.29) is 0 Å². The van der Waals surface area contributed by atoms with Gasteiger partial charge in [0.2, 0.25) is 0 Å². The van der Waals surface area contributed by atoms with E-state index in [1.165, 1.54) is 48.6 Å². The molecule has 1 unspecified atom stereocenters. The van der Waals surface area contributed by atoms with Gasteiger partial charge >= 0.3 is 71.6 Å². The normalized spacial score (nSPS) is 13.7. The summed E-state index contributed by atoms with van der Waals surface area (Å²) in [5, 5.41) is 0. The van der Waals surface area contributed by atoms with Gasteiger partial charge in [0.15, 0.2) is 0 Å². The van der Waals surface area contributed by atoms with Gasteiger partial charge in [0.1, 0.15) is 0 Å². The zero-order valence-electron chi connectivity index (χ0n) is 6.31. The molecule has 9 heavy (non-hydrogen) atoms. The fourth-order valence-electron chi connectivity index (χ4n) is 0.778. The van der Waals surface area contributed by atoms with Crippen LogP contribution in [0.5, 0.6) is 0 Å². The van der Waals surface area contributed by atoms with Crippen molar-refractivity contribution in [3.05, 3.63) is 0 Å². The quantitative estimate of drug-likeness (QED) is 0.661. The van der Waals surface area contributed by atoms with Crippen LogP contribution in [0.3, 0.4) is 0 Å². The standard InChI is InChI=1S/C7H15O.Sn/c1-3-5-6-7(8)4-2;/h7H,3-6H2,1-2H3;/q-1;+1. The van der Waals surface area contributed by atoms with Crippen molar-refractivity contribution in [3.63, 3.8) is 0 Å². The summed E-state index contributed by atoms with van der Waals surface area (Å²) in [6, 6.07) is 0. The summed E-state index contributed by atoms with van der Waals surface area (Å²) >= 11 is 1.21. The number of rotatable bonds is 5. The molecule has 0 aliphatic heterocycles. The summed E-state index contributed by atoms with van der Waals surface area (Å²) in [5.41, 5.74) is 0. The maximum atomic E-state index is 5.29. The number of hydrogen-bond donors (Lipinski definition) is 0. The molecular weight excluding hydrogens is 219 g/mol. The summed E-state index contributed by atoms with van der Waals surface area (Å²) in [4.78, 5) is 0. The molecule has 0 amide bonds. The second-order valence-corrected chi connectivity index (χ2v) is 2.96. The Balaban J connectivity index is 3.09. The van der Waals surface area contributed by atoms with Gasteiger partial charge < -0.3 is 0 Å². The predicted octanol–water partition coefficient (Wildman–Crippen LogP) is 2.06. The Morgan fingerprint density at radius 1 is 1.44 bits per heavy atom. The van der Waals surface area contributed by atoms with E-state index < -0.39 is 0 Å². The van der Waals surface area contributed by atoms with E-state index in [1.54, 1.807) is 0 Å². The van der Waals surface area contributed by atoms with Crippen LogP contribution in [0.25, 0.3) is 0 Å². The zero-order valence-corrected chi connectivity index (χ0v) is 9.17. The molecule has 0 N–H and O–H groups in total. The zero-order chi connectivity index (χ0) is 7.11. The van der Waals surface area contributed by atoms with Crippen molar-refractivity contribution in [1.29, 1.82) is 0 Å². The van der Waals surface area contributed by atoms with Gasteiger partial charge in [-0.2, -0.15) is 0 Å². The third-order valence-electron chi connectivity index (χ3n) is 1.50. The van der Waals surface area contributed by atoms with Gasteiger partial charge in [0.05, 0.1) is 0 Å². The molecule has 1 atom stereocenters. The van der Waals surface area contributed by atoms with Crippen molar-refractivity contribution in [2.75, 3.05) is 0 Å². The SMILES string of the molecule is CCCCC(CC)[O][Sn]. The van der Waals surface area contributed by atoms with Crippen molar-refractivity contribution in [2.45, 2.75) is 45.6 Å². The molecule has 3 radical (unpaired) electrons. The van der Waals surface area contributed by atoms with Crippen LogP contribution in [0, 0.1) is 0 Å². The monoisotopic (exact) mass is 235 g/mol. The summed E-state index contributed by atoms with van der Waals surface area (Å²) in [6.45, 7) is 4.40. The van der Waals surface area contributed by atoms with Gasteiger partial charge in [-0.25, -0.2) is 0 Å². The second kappa shape index (κ2) is 6.87. The Hall–Kier alpha value is 0.759. The molecule has 0 spiro atoms. The minimum atomic E-state index is 0.545. The number of unbranched alkanes of at least 4 members (excludes halogenated alkanes) is 1. The minimum absolute atomic E-state index is 0.545. The van der Waals surface area contributed by atoms with Gasteiger partial charge in [-0.05, 0) is 0 Å². The van der Waals surface area contributed by atoms with Gasteiger partial charge in [0, 0.05) is 0 Å². The van der Waals surface area contributed by atoms with Gasteiger partial charge in [-0.3, -0.25) is 0 Å². The predicted molar refractivity (Wildman–Crippen MR) is 40.4 cm³/mol. The molecule has 0 saturated heterocycles. The van der Waals surface area contributed by atoms with Gasteiger partial charge in [-0.15, -0.1) is 0 Å². The maximum absolute atomic E-state index is 5.29. The average molecular weight is 234 g/mol. The van der Waals surface area contributed by atoms with E-state index in [2.05, 4.69) is 13.8 Å². The third-order valence-corrected chi connectivity index (χ3v) is 2.45. The summed E-state index contributed by atoms with van der Waals surface area (Å²) in [7, 11) is 0. The van der Waals surface area contributed by atoms with Crippen molar-refractivity contribution < 1.29 is 3.07 Å². The molecule has 0 aromatic rings. The van der Waals surface area contributed by atoms with Gasteiger partial charge in [0.25, 0.3) is 0 Å². The van der Waals surface area contributed by atoms with Crippen LogP contribution in [0.4, 0.5) is 0 Å². The van der Waals surface area contributed by atoms with E-state index in [1.807, 2.05) is 0 Å². The van der Waals surface area contributed by atoms with Crippen LogP contribution in [0.2, 0.25) is 0 Å². The number of hydrogen-bond acceptors (Lipinski definition) is 1. The van der Waals surface area contributed by atoms with Crippen LogP contribution in [-0.4, -0.2) is 29.0 Å². The molecular formula is C7H15OSn. The Bertz CT molecular complexity index is 52.9. The fraction of sp³-hybridized carbons (Fsp3) is 1.00. The average Bonchev–Trinajstić information content (AvgIpc) is 1.91. The Morgan fingerprint density at radius 2 is 2.11 bits per heavy atom. The molecule has 0 aliphatic carbocycles. The van der Waals surface area contributed by atoms with Crippen molar-refractivity contribution in [3.8, 4) is 0 Å². The van der Waals surface area contributed by atoms with Gasteiger partial charge in [-0.1, -0.05) is 0 Å².